The van der Waals surface area contributed by atoms with E-state index in [1.165, 1.54) is 26.4 Å². The Morgan fingerprint density at radius 2 is 1.88 bits per heavy atom. The topological polar surface area (TPSA) is 109 Å². The highest BCUT2D eigenvalue weighted by Gasteiger charge is 2.11. The summed E-state index contributed by atoms with van der Waals surface area (Å²) in [6.07, 6.45) is 4.24. The lowest BCUT2D eigenvalue weighted by Crippen LogP contribution is -2.31. The smallest absolute Gasteiger partial charge is 0.268 e. The molecule has 0 radical (unpaired) electrons. The number of phenolic OH excluding ortho intramolecular Hbond substituents is 1. The van der Waals surface area contributed by atoms with Crippen molar-refractivity contribution in [3.63, 3.8) is 0 Å². The molecular formula is C16H14N2O5S. The molecule has 0 aromatic heterocycles. The van der Waals surface area contributed by atoms with Crippen molar-refractivity contribution < 1.29 is 24.2 Å². The summed E-state index contributed by atoms with van der Waals surface area (Å²) in [5.74, 6) is -1.34. The number of nitrogens with one attached hydrogen (secondary N) is 1. The average molecular weight is 346 g/mol. The second-order valence-electron chi connectivity index (χ2n) is 4.26. The van der Waals surface area contributed by atoms with Crippen LogP contribution < -0.4 is 14.8 Å². The third kappa shape index (κ3) is 4.93. The Labute approximate surface area is 143 Å². The second kappa shape index (κ2) is 9.07. The predicted molar refractivity (Wildman–Crippen MR) is 90.7 cm³/mol. The van der Waals surface area contributed by atoms with Gasteiger partial charge in [-0.1, -0.05) is 24.4 Å². The molecule has 0 aliphatic carbocycles. The van der Waals surface area contributed by atoms with Crippen LogP contribution in [-0.4, -0.2) is 36.5 Å². The minimum absolute atomic E-state index is 0.136. The minimum atomic E-state index is -0.853. The van der Waals surface area contributed by atoms with Crippen molar-refractivity contribution in [2.45, 2.75) is 0 Å². The number of imide groups is 1. The summed E-state index contributed by atoms with van der Waals surface area (Å²) < 4.78 is 10.0. The van der Waals surface area contributed by atoms with Gasteiger partial charge in [0.15, 0.2) is 11.5 Å². The first-order valence-corrected chi connectivity index (χ1v) is 6.97. The summed E-state index contributed by atoms with van der Waals surface area (Å²) in [4.78, 5) is 22.6. The SMILES string of the molecule is COc1cc(C=CC=C(C#N)C(=O)NC(=O)C=S)cc(OC)c1O. The number of thiocarbonyl (C=S) groups is 1. The zero-order valence-electron chi connectivity index (χ0n) is 12.9. The number of carbonyl (C=O) groups excluding carboxylic acids is 2. The van der Waals surface area contributed by atoms with Crippen LogP contribution in [0.5, 0.6) is 17.2 Å². The molecule has 2 N–H and O–H groups in total. The third-order valence-corrected chi connectivity index (χ3v) is 2.98. The van der Waals surface area contributed by atoms with Gasteiger partial charge in [-0.05, 0) is 23.8 Å². The number of allylic oxidation sites excluding steroid dienone is 2. The molecule has 8 heteroatoms. The van der Waals surface area contributed by atoms with Gasteiger partial charge in [-0.3, -0.25) is 14.9 Å². The molecule has 0 heterocycles. The molecule has 0 spiro atoms. The number of hydrogen-bond donors (Lipinski definition) is 2. The van der Waals surface area contributed by atoms with Gasteiger partial charge >= 0.3 is 0 Å². The van der Waals surface area contributed by atoms with Crippen LogP contribution in [0, 0.1) is 11.3 Å². The van der Waals surface area contributed by atoms with Gasteiger partial charge in [0.05, 0.1) is 19.6 Å². The number of rotatable bonds is 6. The fourth-order valence-corrected chi connectivity index (χ4v) is 1.70. The summed E-state index contributed by atoms with van der Waals surface area (Å²) >= 11 is 4.38. The van der Waals surface area contributed by atoms with Crippen LogP contribution in [0.25, 0.3) is 6.08 Å². The van der Waals surface area contributed by atoms with E-state index in [4.69, 9.17) is 14.7 Å². The molecular weight excluding hydrogens is 332 g/mol. The predicted octanol–water partition coefficient (Wildman–Crippen LogP) is 1.52. The highest BCUT2D eigenvalue weighted by atomic mass is 32.1. The van der Waals surface area contributed by atoms with E-state index < -0.39 is 11.8 Å². The second-order valence-corrected chi connectivity index (χ2v) is 4.50. The van der Waals surface area contributed by atoms with E-state index in [0.29, 0.717) is 5.56 Å². The van der Waals surface area contributed by atoms with Crippen molar-refractivity contribution in [3.05, 3.63) is 35.4 Å². The minimum Gasteiger partial charge on any atom is -0.502 e. The van der Waals surface area contributed by atoms with Gasteiger partial charge in [-0.15, -0.1) is 0 Å². The van der Waals surface area contributed by atoms with Crippen molar-refractivity contribution in [1.82, 2.24) is 5.32 Å². The first kappa shape index (κ1) is 18.9. The van der Waals surface area contributed by atoms with Crippen LogP contribution in [0.15, 0.2) is 29.9 Å². The number of nitriles is 1. The largest absolute Gasteiger partial charge is 0.502 e. The highest BCUT2D eigenvalue weighted by Crippen LogP contribution is 2.37. The maximum absolute atomic E-state index is 11.6. The molecule has 0 unspecified atom stereocenters. The quantitative estimate of drug-likeness (QED) is 0.348. The maximum atomic E-state index is 11.6. The van der Waals surface area contributed by atoms with Gasteiger partial charge in [0, 0.05) is 0 Å². The molecule has 0 fully saturated rings. The Morgan fingerprint density at radius 1 is 1.29 bits per heavy atom. The van der Waals surface area contributed by atoms with Crippen molar-refractivity contribution in [2.24, 2.45) is 0 Å². The highest BCUT2D eigenvalue weighted by molar-refractivity contribution is 7.80. The summed E-state index contributed by atoms with van der Waals surface area (Å²) in [5.41, 5.74) is 0.333. The van der Waals surface area contributed by atoms with Crippen LogP contribution in [0.3, 0.4) is 0 Å². The third-order valence-electron chi connectivity index (χ3n) is 2.76. The molecule has 1 aromatic rings. The molecule has 0 bridgehead atoms. The van der Waals surface area contributed by atoms with Crippen LogP contribution >= 0.6 is 12.2 Å². The number of benzene rings is 1. The van der Waals surface area contributed by atoms with Gasteiger partial charge in [0.2, 0.25) is 5.75 Å². The van der Waals surface area contributed by atoms with E-state index in [0.717, 1.165) is 5.37 Å². The maximum Gasteiger partial charge on any atom is 0.268 e. The van der Waals surface area contributed by atoms with Gasteiger partial charge in [-0.2, -0.15) is 5.26 Å². The number of methoxy groups -OCH3 is 2. The lowest BCUT2D eigenvalue weighted by molar-refractivity contribution is -0.124. The van der Waals surface area contributed by atoms with Crippen molar-refractivity contribution in [1.29, 1.82) is 5.26 Å². The molecule has 0 aliphatic rings. The molecule has 0 saturated carbocycles. The first-order valence-electron chi connectivity index (χ1n) is 6.50. The summed E-state index contributed by atoms with van der Waals surface area (Å²) in [6.45, 7) is 0. The van der Waals surface area contributed by atoms with E-state index in [2.05, 4.69) is 12.2 Å². The van der Waals surface area contributed by atoms with E-state index >= 15 is 0 Å². The molecule has 0 saturated heterocycles. The zero-order valence-corrected chi connectivity index (χ0v) is 13.7. The van der Waals surface area contributed by atoms with Gasteiger partial charge in [-0.25, -0.2) is 0 Å². The molecule has 1 aromatic carbocycles. The van der Waals surface area contributed by atoms with Crippen LogP contribution in [0.1, 0.15) is 5.56 Å². The van der Waals surface area contributed by atoms with E-state index in [-0.39, 0.29) is 22.8 Å². The van der Waals surface area contributed by atoms with Crippen molar-refractivity contribution in [2.75, 3.05) is 14.2 Å². The monoisotopic (exact) mass is 346 g/mol. The Bertz CT molecular complexity index is 737. The van der Waals surface area contributed by atoms with E-state index in [9.17, 15) is 14.7 Å². The Kier molecular flexibility index (Phi) is 7.13. The van der Waals surface area contributed by atoms with E-state index in [1.54, 1.807) is 24.3 Å². The number of hydrogen-bond acceptors (Lipinski definition) is 7. The molecule has 7 nitrogen and oxygen atoms in total. The summed E-state index contributed by atoms with van der Waals surface area (Å²) in [5, 5.41) is 21.5. The standard InChI is InChI=1S/C16H14N2O5S/c1-22-12-6-10(7-13(23-2)15(12)20)4-3-5-11(8-17)16(21)18-14(19)9-24/h3-7,9,20H,1-2H3,(H,18,19,21). The lowest BCUT2D eigenvalue weighted by Gasteiger charge is -2.09. The number of nitrogens with zero attached hydrogens (tertiary/aromatic N) is 1. The van der Waals surface area contributed by atoms with Crippen molar-refractivity contribution >= 4 is 35.5 Å². The van der Waals surface area contributed by atoms with Crippen LogP contribution in [0.2, 0.25) is 0 Å². The van der Waals surface area contributed by atoms with Gasteiger partial charge < -0.3 is 14.6 Å². The zero-order chi connectivity index (χ0) is 18.1. The first-order chi connectivity index (χ1) is 11.5. The van der Waals surface area contributed by atoms with Crippen LogP contribution in [-0.2, 0) is 9.59 Å². The van der Waals surface area contributed by atoms with Crippen molar-refractivity contribution in [3.8, 4) is 23.3 Å². The molecule has 124 valence electrons. The molecule has 1 rings (SSSR count). The number of aromatic hydroxyl groups is 1. The molecule has 0 atom stereocenters. The number of amides is 2. The number of phenols is 1. The van der Waals surface area contributed by atoms with Gasteiger partial charge in [0.1, 0.15) is 11.6 Å². The summed E-state index contributed by atoms with van der Waals surface area (Å²) in [6, 6.07) is 4.77. The summed E-state index contributed by atoms with van der Waals surface area (Å²) in [7, 11) is 2.79. The molecule has 0 aliphatic heterocycles. The number of carbonyl (C=O) groups is 2. The Morgan fingerprint density at radius 3 is 2.33 bits per heavy atom. The lowest BCUT2D eigenvalue weighted by atomic mass is 10.1. The van der Waals surface area contributed by atoms with Gasteiger partial charge in [0.25, 0.3) is 11.8 Å². The Hall–Kier alpha value is -3.18. The molecule has 2 amide bonds. The van der Waals surface area contributed by atoms with Crippen LogP contribution in [0.4, 0.5) is 0 Å². The number of ether oxygens (including phenoxy) is 2. The van der Waals surface area contributed by atoms with E-state index in [1.807, 2.05) is 5.32 Å². The normalized spacial score (nSPS) is 10.8. The molecule has 24 heavy (non-hydrogen) atoms. The average Bonchev–Trinajstić information content (AvgIpc) is 2.59. The fraction of sp³-hybridized carbons (Fsp3) is 0.125. The Balaban J connectivity index is 3.03. The fourth-order valence-electron chi connectivity index (χ4n) is 1.64.